The Bertz CT molecular complexity index is 267. The van der Waals surface area contributed by atoms with Gasteiger partial charge in [-0.3, -0.25) is 4.79 Å². The average Bonchev–Trinajstić information content (AvgIpc) is 2.83. The molecule has 0 N–H and O–H groups in total. The normalized spacial score (nSPS) is 39.3. The number of hydrogen-bond donors (Lipinski definition) is 0. The molecular formula is C13H23NO2. The predicted octanol–water partition coefficient (Wildman–Crippen LogP) is 2.20. The molecule has 2 fully saturated rings. The molecule has 0 radical (unpaired) electrons. The van der Waals surface area contributed by atoms with Crippen molar-refractivity contribution in [1.82, 2.24) is 4.90 Å². The van der Waals surface area contributed by atoms with Gasteiger partial charge in [0.05, 0.1) is 0 Å². The van der Waals surface area contributed by atoms with E-state index < -0.39 is 0 Å². The Morgan fingerprint density at radius 1 is 1.31 bits per heavy atom. The van der Waals surface area contributed by atoms with E-state index in [-0.39, 0.29) is 12.0 Å². The highest BCUT2D eigenvalue weighted by atomic mass is 16.5. The van der Waals surface area contributed by atoms with Crippen LogP contribution in [0.5, 0.6) is 0 Å². The molecule has 2 heterocycles. The second-order valence-corrected chi connectivity index (χ2v) is 5.29. The molecular weight excluding hydrogens is 202 g/mol. The highest BCUT2D eigenvalue weighted by Crippen LogP contribution is 2.30. The van der Waals surface area contributed by atoms with Gasteiger partial charge in [-0.15, -0.1) is 0 Å². The molecule has 3 nitrogen and oxygen atoms in total. The maximum atomic E-state index is 12.4. The fourth-order valence-corrected chi connectivity index (χ4v) is 3.03. The van der Waals surface area contributed by atoms with Crippen LogP contribution >= 0.6 is 0 Å². The van der Waals surface area contributed by atoms with Crippen LogP contribution in [0.25, 0.3) is 0 Å². The van der Waals surface area contributed by atoms with E-state index in [0.717, 1.165) is 32.3 Å². The van der Waals surface area contributed by atoms with E-state index in [9.17, 15) is 4.79 Å². The summed E-state index contributed by atoms with van der Waals surface area (Å²) < 4.78 is 5.59. The third-order valence-electron chi connectivity index (χ3n) is 4.14. The van der Waals surface area contributed by atoms with E-state index in [4.69, 9.17) is 4.74 Å². The minimum atomic E-state index is -0.172. The molecule has 92 valence electrons. The largest absolute Gasteiger partial charge is 0.368 e. The van der Waals surface area contributed by atoms with Crippen molar-refractivity contribution in [2.24, 2.45) is 5.92 Å². The van der Waals surface area contributed by atoms with E-state index in [1.807, 2.05) is 0 Å². The Kier molecular flexibility index (Phi) is 3.53. The fraction of sp³-hybridized carbons (Fsp3) is 0.923. The van der Waals surface area contributed by atoms with E-state index in [0.29, 0.717) is 18.0 Å². The second kappa shape index (κ2) is 4.74. The summed E-state index contributed by atoms with van der Waals surface area (Å²) in [6.07, 6.45) is 4.22. The van der Waals surface area contributed by atoms with Crippen LogP contribution in [0, 0.1) is 5.92 Å². The van der Waals surface area contributed by atoms with Crippen molar-refractivity contribution < 1.29 is 9.53 Å². The molecule has 0 saturated carbocycles. The number of rotatable bonds is 2. The Morgan fingerprint density at radius 3 is 2.62 bits per heavy atom. The lowest BCUT2D eigenvalue weighted by Gasteiger charge is -2.31. The van der Waals surface area contributed by atoms with E-state index in [1.165, 1.54) is 0 Å². The van der Waals surface area contributed by atoms with Crippen LogP contribution in [0.15, 0.2) is 0 Å². The van der Waals surface area contributed by atoms with Gasteiger partial charge in [0, 0.05) is 18.7 Å². The quantitative estimate of drug-likeness (QED) is 0.721. The topological polar surface area (TPSA) is 29.5 Å². The summed E-state index contributed by atoms with van der Waals surface area (Å²) in [5.41, 5.74) is 0. The van der Waals surface area contributed by atoms with Gasteiger partial charge in [0.1, 0.15) is 6.10 Å². The molecule has 0 aromatic carbocycles. The molecule has 2 rings (SSSR count). The van der Waals surface area contributed by atoms with Crippen molar-refractivity contribution in [1.29, 1.82) is 0 Å². The summed E-state index contributed by atoms with van der Waals surface area (Å²) in [7, 11) is 0. The third-order valence-corrected chi connectivity index (χ3v) is 4.14. The second-order valence-electron chi connectivity index (χ2n) is 5.29. The van der Waals surface area contributed by atoms with Gasteiger partial charge in [-0.2, -0.15) is 0 Å². The molecule has 0 aromatic heterocycles. The molecule has 4 unspecified atom stereocenters. The van der Waals surface area contributed by atoms with Gasteiger partial charge in [-0.25, -0.2) is 0 Å². The zero-order valence-corrected chi connectivity index (χ0v) is 10.6. The van der Waals surface area contributed by atoms with E-state index in [2.05, 4.69) is 25.7 Å². The lowest BCUT2D eigenvalue weighted by Crippen LogP contribution is -2.46. The Labute approximate surface area is 98.1 Å². The van der Waals surface area contributed by atoms with Gasteiger partial charge in [0.15, 0.2) is 0 Å². The van der Waals surface area contributed by atoms with Gasteiger partial charge in [-0.05, 0) is 38.5 Å². The molecule has 0 spiro atoms. The van der Waals surface area contributed by atoms with Gasteiger partial charge >= 0.3 is 0 Å². The molecule has 4 atom stereocenters. The first-order chi connectivity index (χ1) is 7.65. The minimum Gasteiger partial charge on any atom is -0.368 e. The molecule has 2 saturated heterocycles. The molecule has 16 heavy (non-hydrogen) atoms. The predicted molar refractivity (Wildman–Crippen MR) is 63.1 cm³/mol. The molecule has 1 amide bonds. The van der Waals surface area contributed by atoms with Crippen LogP contribution in [-0.4, -0.2) is 35.6 Å². The number of carbonyl (C=O) groups excluding carboxylic acids is 1. The van der Waals surface area contributed by atoms with Crippen molar-refractivity contribution in [2.75, 3.05) is 6.61 Å². The monoisotopic (exact) mass is 225 g/mol. The lowest BCUT2D eigenvalue weighted by molar-refractivity contribution is -0.145. The highest BCUT2D eigenvalue weighted by molar-refractivity contribution is 5.82. The first-order valence-corrected chi connectivity index (χ1v) is 6.59. The molecule has 3 heteroatoms. The number of likely N-dealkylation sites (tertiary alicyclic amines) is 1. The molecule has 0 aromatic rings. The summed E-state index contributed by atoms with van der Waals surface area (Å²) in [5, 5.41) is 0. The van der Waals surface area contributed by atoms with Gasteiger partial charge in [0.2, 0.25) is 0 Å². The highest BCUT2D eigenvalue weighted by Gasteiger charge is 2.40. The van der Waals surface area contributed by atoms with E-state index in [1.54, 1.807) is 0 Å². The first-order valence-electron chi connectivity index (χ1n) is 6.59. The van der Waals surface area contributed by atoms with E-state index >= 15 is 0 Å². The van der Waals surface area contributed by atoms with Crippen LogP contribution in [0.2, 0.25) is 0 Å². The van der Waals surface area contributed by atoms with Crippen LogP contribution in [-0.2, 0) is 9.53 Å². The van der Waals surface area contributed by atoms with Crippen molar-refractivity contribution in [2.45, 2.75) is 64.6 Å². The van der Waals surface area contributed by atoms with Crippen LogP contribution in [0.3, 0.4) is 0 Å². The zero-order chi connectivity index (χ0) is 11.7. The fourth-order valence-electron chi connectivity index (χ4n) is 3.03. The SMILES string of the molecule is CCC1CCC(C)N1C(=O)C1OCCC1C. The number of nitrogens with zero attached hydrogens (tertiary/aromatic N) is 1. The van der Waals surface area contributed by atoms with Crippen LogP contribution < -0.4 is 0 Å². The maximum Gasteiger partial charge on any atom is 0.252 e. The van der Waals surface area contributed by atoms with Crippen molar-refractivity contribution in [3.8, 4) is 0 Å². The van der Waals surface area contributed by atoms with Gasteiger partial charge in [0.25, 0.3) is 5.91 Å². The summed E-state index contributed by atoms with van der Waals surface area (Å²) in [6, 6.07) is 0.841. The summed E-state index contributed by atoms with van der Waals surface area (Å²) in [4.78, 5) is 14.5. The number of hydrogen-bond acceptors (Lipinski definition) is 2. The standard InChI is InChI=1S/C13H23NO2/c1-4-11-6-5-10(3)14(11)13(15)12-9(2)7-8-16-12/h9-12H,4-8H2,1-3H3. The zero-order valence-electron chi connectivity index (χ0n) is 10.6. The first kappa shape index (κ1) is 11.9. The van der Waals surface area contributed by atoms with Crippen LogP contribution in [0.4, 0.5) is 0 Å². The molecule has 0 bridgehead atoms. The Balaban J connectivity index is 2.07. The van der Waals surface area contributed by atoms with Crippen molar-refractivity contribution >= 4 is 5.91 Å². The molecule has 2 aliphatic heterocycles. The molecule has 2 aliphatic rings. The van der Waals surface area contributed by atoms with Crippen LogP contribution in [0.1, 0.15) is 46.5 Å². The van der Waals surface area contributed by atoms with Gasteiger partial charge < -0.3 is 9.64 Å². The Morgan fingerprint density at radius 2 is 2.06 bits per heavy atom. The summed E-state index contributed by atoms with van der Waals surface area (Å²) >= 11 is 0. The summed E-state index contributed by atoms with van der Waals surface area (Å²) in [6.45, 7) is 7.20. The smallest absolute Gasteiger partial charge is 0.252 e. The Hall–Kier alpha value is -0.570. The average molecular weight is 225 g/mol. The van der Waals surface area contributed by atoms with Crippen molar-refractivity contribution in [3.05, 3.63) is 0 Å². The minimum absolute atomic E-state index is 0.172. The summed E-state index contributed by atoms with van der Waals surface area (Å²) in [5.74, 6) is 0.625. The number of carbonyl (C=O) groups is 1. The van der Waals surface area contributed by atoms with Crippen molar-refractivity contribution in [3.63, 3.8) is 0 Å². The number of ether oxygens (including phenoxy) is 1. The van der Waals surface area contributed by atoms with Gasteiger partial charge in [-0.1, -0.05) is 13.8 Å². The number of amides is 1. The lowest BCUT2D eigenvalue weighted by atomic mass is 10.0. The third kappa shape index (κ3) is 1.97. The maximum absolute atomic E-state index is 12.4. The molecule has 0 aliphatic carbocycles.